The summed E-state index contributed by atoms with van der Waals surface area (Å²) in [6, 6.07) is 6.44. The molecule has 2 rings (SSSR count). The molecule has 0 aliphatic heterocycles. The van der Waals surface area contributed by atoms with E-state index in [0.717, 1.165) is 16.3 Å². The van der Waals surface area contributed by atoms with Gasteiger partial charge >= 0.3 is 0 Å². The van der Waals surface area contributed by atoms with E-state index in [2.05, 4.69) is 43.3 Å². The van der Waals surface area contributed by atoms with Gasteiger partial charge in [-0.25, -0.2) is 0 Å². The molecule has 1 aromatic heterocycles. The molecular weight excluding hydrogens is 226 g/mol. The van der Waals surface area contributed by atoms with E-state index in [1.165, 1.54) is 10.9 Å². The standard InChI is InChI=1S/C12H14ClNS/c1-8(2)14-6-9(7-15)10-4-3-5-11(13)12(10)14/h3-6,8,15H,7H2,1-2H3. The summed E-state index contributed by atoms with van der Waals surface area (Å²) in [5.41, 5.74) is 2.36. The fourth-order valence-electron chi connectivity index (χ4n) is 1.87. The molecule has 0 fully saturated rings. The van der Waals surface area contributed by atoms with E-state index in [9.17, 15) is 0 Å². The van der Waals surface area contributed by atoms with Crippen molar-refractivity contribution in [2.45, 2.75) is 25.6 Å². The average Bonchev–Trinajstić information content (AvgIpc) is 2.58. The van der Waals surface area contributed by atoms with Gasteiger partial charge in [-0.1, -0.05) is 23.7 Å². The minimum absolute atomic E-state index is 0.418. The van der Waals surface area contributed by atoms with Crippen LogP contribution in [-0.2, 0) is 5.75 Å². The zero-order chi connectivity index (χ0) is 11.0. The maximum Gasteiger partial charge on any atom is 0.0675 e. The van der Waals surface area contributed by atoms with Crippen molar-refractivity contribution in [1.82, 2.24) is 4.57 Å². The Labute approximate surface area is 100 Å². The Morgan fingerprint density at radius 3 is 2.73 bits per heavy atom. The number of para-hydroxylation sites is 1. The van der Waals surface area contributed by atoms with Gasteiger partial charge < -0.3 is 4.57 Å². The smallest absolute Gasteiger partial charge is 0.0675 e. The Balaban J connectivity index is 2.82. The fourth-order valence-corrected chi connectivity index (χ4v) is 2.40. The zero-order valence-electron chi connectivity index (χ0n) is 8.87. The minimum atomic E-state index is 0.418. The Morgan fingerprint density at radius 1 is 1.40 bits per heavy atom. The Kier molecular flexibility index (Phi) is 2.98. The van der Waals surface area contributed by atoms with Gasteiger partial charge in [-0.3, -0.25) is 0 Å². The van der Waals surface area contributed by atoms with Crippen LogP contribution < -0.4 is 0 Å². The molecule has 2 aromatic rings. The van der Waals surface area contributed by atoms with Gasteiger partial charge in [0.1, 0.15) is 0 Å². The third-order valence-electron chi connectivity index (χ3n) is 2.61. The number of aromatic nitrogens is 1. The van der Waals surface area contributed by atoms with Gasteiger partial charge in [-0.2, -0.15) is 12.6 Å². The molecule has 3 heteroatoms. The molecule has 0 bridgehead atoms. The first kappa shape index (κ1) is 10.9. The molecule has 0 N–H and O–H groups in total. The molecule has 0 spiro atoms. The van der Waals surface area contributed by atoms with Crippen molar-refractivity contribution < 1.29 is 0 Å². The SMILES string of the molecule is CC(C)n1cc(CS)c2cccc(Cl)c21. The number of rotatable bonds is 2. The maximum absolute atomic E-state index is 6.23. The highest BCUT2D eigenvalue weighted by atomic mass is 35.5. The molecular formula is C12H14ClNS. The minimum Gasteiger partial charge on any atom is -0.343 e. The van der Waals surface area contributed by atoms with Gasteiger partial charge in [-0.15, -0.1) is 0 Å². The van der Waals surface area contributed by atoms with Crippen LogP contribution in [0.25, 0.3) is 10.9 Å². The highest BCUT2D eigenvalue weighted by Crippen LogP contribution is 2.31. The van der Waals surface area contributed by atoms with Crippen LogP contribution in [-0.4, -0.2) is 4.57 Å². The summed E-state index contributed by atoms with van der Waals surface area (Å²) in [5, 5.41) is 2.03. The van der Waals surface area contributed by atoms with Crippen LogP contribution >= 0.6 is 24.2 Å². The molecule has 0 atom stereocenters. The van der Waals surface area contributed by atoms with Crippen molar-refractivity contribution >= 4 is 35.1 Å². The molecule has 0 saturated carbocycles. The lowest BCUT2D eigenvalue weighted by atomic mass is 10.2. The van der Waals surface area contributed by atoms with Crippen LogP contribution in [0.5, 0.6) is 0 Å². The summed E-state index contributed by atoms with van der Waals surface area (Å²) in [4.78, 5) is 0. The number of hydrogen-bond acceptors (Lipinski definition) is 1. The van der Waals surface area contributed by atoms with Gasteiger partial charge in [-0.05, 0) is 25.5 Å². The van der Waals surface area contributed by atoms with Crippen molar-refractivity contribution in [3.8, 4) is 0 Å². The zero-order valence-corrected chi connectivity index (χ0v) is 10.5. The second-order valence-electron chi connectivity index (χ2n) is 3.95. The van der Waals surface area contributed by atoms with Crippen LogP contribution in [0.4, 0.5) is 0 Å². The number of hydrogen-bond donors (Lipinski definition) is 1. The van der Waals surface area contributed by atoms with Crippen molar-refractivity contribution in [3.63, 3.8) is 0 Å². The summed E-state index contributed by atoms with van der Waals surface area (Å²) in [7, 11) is 0. The first-order chi connectivity index (χ1) is 7.15. The molecule has 0 radical (unpaired) electrons. The van der Waals surface area contributed by atoms with Crippen molar-refractivity contribution in [1.29, 1.82) is 0 Å². The lowest BCUT2D eigenvalue weighted by Gasteiger charge is -2.09. The summed E-state index contributed by atoms with van der Waals surface area (Å²) in [6.07, 6.45) is 2.15. The fraction of sp³-hybridized carbons (Fsp3) is 0.333. The van der Waals surface area contributed by atoms with E-state index >= 15 is 0 Å². The van der Waals surface area contributed by atoms with Crippen molar-refractivity contribution in [2.75, 3.05) is 0 Å². The summed E-state index contributed by atoms with van der Waals surface area (Å²) < 4.78 is 2.21. The second kappa shape index (κ2) is 4.11. The number of halogens is 1. The van der Waals surface area contributed by atoms with Crippen LogP contribution in [0.2, 0.25) is 5.02 Å². The highest BCUT2D eigenvalue weighted by Gasteiger charge is 2.11. The van der Waals surface area contributed by atoms with Gasteiger partial charge in [0.2, 0.25) is 0 Å². The van der Waals surface area contributed by atoms with E-state index in [1.54, 1.807) is 0 Å². The van der Waals surface area contributed by atoms with E-state index in [-0.39, 0.29) is 0 Å². The topological polar surface area (TPSA) is 4.93 Å². The number of benzene rings is 1. The van der Waals surface area contributed by atoms with Crippen LogP contribution in [0.3, 0.4) is 0 Å². The summed E-state index contributed by atoms with van der Waals surface area (Å²) >= 11 is 10.6. The second-order valence-corrected chi connectivity index (χ2v) is 4.67. The van der Waals surface area contributed by atoms with Gasteiger partial charge in [0, 0.05) is 23.4 Å². The third-order valence-corrected chi connectivity index (χ3v) is 3.26. The predicted octanol–water partition coefficient (Wildman–Crippen LogP) is 4.31. The largest absolute Gasteiger partial charge is 0.343 e. The van der Waals surface area contributed by atoms with E-state index in [1.807, 2.05) is 12.1 Å². The molecule has 0 unspecified atom stereocenters. The van der Waals surface area contributed by atoms with E-state index < -0.39 is 0 Å². The quantitative estimate of drug-likeness (QED) is 0.746. The normalized spacial score (nSPS) is 11.5. The Morgan fingerprint density at radius 2 is 2.13 bits per heavy atom. The van der Waals surface area contributed by atoms with E-state index in [0.29, 0.717) is 6.04 Å². The molecule has 0 aliphatic carbocycles. The molecule has 15 heavy (non-hydrogen) atoms. The highest BCUT2D eigenvalue weighted by molar-refractivity contribution is 7.79. The van der Waals surface area contributed by atoms with Crippen LogP contribution in [0, 0.1) is 0 Å². The first-order valence-electron chi connectivity index (χ1n) is 5.04. The molecule has 0 aliphatic rings. The van der Waals surface area contributed by atoms with Gasteiger partial charge in [0.25, 0.3) is 0 Å². The van der Waals surface area contributed by atoms with Crippen LogP contribution in [0.1, 0.15) is 25.5 Å². The average molecular weight is 240 g/mol. The third kappa shape index (κ3) is 1.77. The molecule has 0 saturated heterocycles. The number of nitrogens with zero attached hydrogens (tertiary/aromatic N) is 1. The van der Waals surface area contributed by atoms with Crippen molar-refractivity contribution in [3.05, 3.63) is 35.0 Å². The summed E-state index contributed by atoms with van der Waals surface area (Å²) in [5.74, 6) is 0.747. The molecule has 80 valence electrons. The molecule has 1 heterocycles. The lowest BCUT2D eigenvalue weighted by molar-refractivity contribution is 0.622. The molecule has 1 aromatic carbocycles. The van der Waals surface area contributed by atoms with Crippen LogP contribution in [0.15, 0.2) is 24.4 Å². The molecule has 0 amide bonds. The van der Waals surface area contributed by atoms with Gasteiger partial charge in [0.15, 0.2) is 0 Å². The van der Waals surface area contributed by atoms with E-state index in [4.69, 9.17) is 11.6 Å². The summed E-state index contributed by atoms with van der Waals surface area (Å²) in [6.45, 7) is 4.32. The predicted molar refractivity (Wildman–Crippen MR) is 70.0 cm³/mol. The monoisotopic (exact) mass is 239 g/mol. The lowest BCUT2D eigenvalue weighted by Crippen LogP contribution is -1.98. The Bertz CT molecular complexity index is 488. The molecule has 1 nitrogen and oxygen atoms in total. The first-order valence-corrected chi connectivity index (χ1v) is 6.05. The maximum atomic E-state index is 6.23. The Hall–Kier alpha value is -0.600. The number of thiol groups is 1. The number of fused-ring (bicyclic) bond motifs is 1. The van der Waals surface area contributed by atoms with Crippen molar-refractivity contribution in [2.24, 2.45) is 0 Å². The van der Waals surface area contributed by atoms with Gasteiger partial charge in [0.05, 0.1) is 10.5 Å².